The molecule has 1 aliphatic heterocycles. The molecule has 0 aliphatic carbocycles. The van der Waals surface area contributed by atoms with Gasteiger partial charge in [0.15, 0.2) is 9.84 Å². The number of hydrogen-bond donors (Lipinski definition) is 1. The zero-order valence-electron chi connectivity index (χ0n) is 10.7. The van der Waals surface area contributed by atoms with E-state index in [1.165, 1.54) is 6.26 Å². The molecule has 4 nitrogen and oxygen atoms in total. The Kier molecular flexibility index (Phi) is 3.49. The van der Waals surface area contributed by atoms with Crippen LogP contribution in [-0.4, -0.2) is 34.4 Å². The van der Waals surface area contributed by atoms with Gasteiger partial charge in [-0.15, -0.1) is 0 Å². The molecule has 0 radical (unpaired) electrons. The largest absolute Gasteiger partial charge is 0.379 e. The van der Waals surface area contributed by atoms with Crippen LogP contribution in [0.25, 0.3) is 0 Å². The fourth-order valence-electron chi connectivity index (χ4n) is 2.32. The van der Waals surface area contributed by atoms with Gasteiger partial charge in [0, 0.05) is 11.7 Å². The van der Waals surface area contributed by atoms with E-state index in [0.717, 1.165) is 5.56 Å². The van der Waals surface area contributed by atoms with Crippen molar-refractivity contribution in [1.29, 1.82) is 0 Å². The second kappa shape index (κ2) is 4.64. The van der Waals surface area contributed by atoms with E-state index in [1.54, 1.807) is 12.1 Å². The molecule has 0 aromatic heterocycles. The number of ether oxygens (including phenoxy) is 1. The standard InChI is InChI=1S/C13H19NO3S/c1-10(7-14)13(8-17-9-13)11-3-5-12(6-4-11)18(2,15)16/h3-6,10H,7-9,14H2,1-2H3. The summed E-state index contributed by atoms with van der Waals surface area (Å²) in [6, 6.07) is 7.08. The normalized spacial score (nSPS) is 20.2. The van der Waals surface area contributed by atoms with Gasteiger partial charge in [-0.3, -0.25) is 0 Å². The van der Waals surface area contributed by atoms with E-state index in [4.69, 9.17) is 10.5 Å². The Balaban J connectivity index is 2.34. The van der Waals surface area contributed by atoms with Gasteiger partial charge in [-0.1, -0.05) is 19.1 Å². The second-order valence-electron chi connectivity index (χ2n) is 5.08. The SMILES string of the molecule is CC(CN)C1(c2ccc(S(C)(=O)=O)cc2)COC1. The maximum Gasteiger partial charge on any atom is 0.175 e. The highest BCUT2D eigenvalue weighted by Crippen LogP contribution is 2.39. The van der Waals surface area contributed by atoms with E-state index in [1.807, 2.05) is 12.1 Å². The Labute approximate surface area is 108 Å². The van der Waals surface area contributed by atoms with Crippen molar-refractivity contribution in [3.05, 3.63) is 29.8 Å². The Morgan fingerprint density at radius 2 is 1.89 bits per heavy atom. The van der Waals surface area contributed by atoms with E-state index >= 15 is 0 Å². The molecule has 2 N–H and O–H groups in total. The number of rotatable bonds is 4. The van der Waals surface area contributed by atoms with Crippen molar-refractivity contribution in [2.24, 2.45) is 11.7 Å². The highest BCUT2D eigenvalue weighted by Gasteiger charge is 2.44. The number of nitrogens with two attached hydrogens (primary N) is 1. The van der Waals surface area contributed by atoms with Crippen molar-refractivity contribution in [3.63, 3.8) is 0 Å². The van der Waals surface area contributed by atoms with E-state index in [-0.39, 0.29) is 5.41 Å². The van der Waals surface area contributed by atoms with Crippen LogP contribution in [-0.2, 0) is 20.0 Å². The minimum atomic E-state index is -3.14. The zero-order chi connectivity index (χ0) is 13.4. The first-order valence-electron chi connectivity index (χ1n) is 5.98. The Morgan fingerprint density at radius 3 is 2.22 bits per heavy atom. The Morgan fingerprint density at radius 1 is 1.33 bits per heavy atom. The molecule has 1 saturated heterocycles. The zero-order valence-corrected chi connectivity index (χ0v) is 11.5. The van der Waals surface area contributed by atoms with Crippen LogP contribution in [0, 0.1) is 5.92 Å². The molecule has 1 aromatic carbocycles. The van der Waals surface area contributed by atoms with E-state index in [0.29, 0.717) is 30.6 Å². The molecule has 0 saturated carbocycles. The lowest BCUT2D eigenvalue weighted by Crippen LogP contribution is -2.53. The summed E-state index contributed by atoms with van der Waals surface area (Å²) < 4.78 is 28.2. The molecule has 1 unspecified atom stereocenters. The maximum atomic E-state index is 11.4. The fraction of sp³-hybridized carbons (Fsp3) is 0.538. The van der Waals surface area contributed by atoms with Gasteiger partial charge in [0.25, 0.3) is 0 Å². The molecule has 1 aliphatic rings. The summed E-state index contributed by atoms with van der Waals surface area (Å²) in [5, 5.41) is 0. The van der Waals surface area contributed by atoms with Gasteiger partial charge in [0.1, 0.15) is 0 Å². The molecule has 1 heterocycles. The number of benzene rings is 1. The summed E-state index contributed by atoms with van der Waals surface area (Å²) in [5.41, 5.74) is 6.81. The maximum absolute atomic E-state index is 11.4. The minimum Gasteiger partial charge on any atom is -0.379 e. The third-order valence-corrected chi connectivity index (χ3v) is 5.00. The third kappa shape index (κ3) is 2.18. The molecular formula is C13H19NO3S. The van der Waals surface area contributed by atoms with Crippen molar-refractivity contribution < 1.29 is 13.2 Å². The van der Waals surface area contributed by atoms with Crippen molar-refractivity contribution in [2.45, 2.75) is 17.2 Å². The van der Waals surface area contributed by atoms with E-state index < -0.39 is 9.84 Å². The average Bonchev–Trinajstić information content (AvgIpc) is 2.27. The predicted octanol–water partition coefficient (Wildman–Crippen LogP) is 0.953. The summed E-state index contributed by atoms with van der Waals surface area (Å²) >= 11 is 0. The van der Waals surface area contributed by atoms with Crippen LogP contribution < -0.4 is 5.73 Å². The van der Waals surface area contributed by atoms with Crippen LogP contribution in [0.5, 0.6) is 0 Å². The lowest BCUT2D eigenvalue weighted by atomic mass is 9.69. The summed E-state index contributed by atoms with van der Waals surface area (Å²) in [7, 11) is -3.14. The van der Waals surface area contributed by atoms with Gasteiger partial charge in [-0.25, -0.2) is 8.42 Å². The van der Waals surface area contributed by atoms with E-state index in [9.17, 15) is 8.42 Å². The molecule has 5 heteroatoms. The first kappa shape index (κ1) is 13.5. The number of hydrogen-bond acceptors (Lipinski definition) is 4. The molecule has 1 fully saturated rings. The van der Waals surface area contributed by atoms with Crippen LogP contribution >= 0.6 is 0 Å². The average molecular weight is 269 g/mol. The lowest BCUT2D eigenvalue weighted by molar-refractivity contribution is -0.0854. The Hall–Kier alpha value is -0.910. The Bertz CT molecular complexity index is 518. The molecule has 0 amide bonds. The van der Waals surface area contributed by atoms with Crippen molar-refractivity contribution in [3.8, 4) is 0 Å². The van der Waals surface area contributed by atoms with Crippen molar-refractivity contribution in [2.75, 3.05) is 26.0 Å². The highest BCUT2D eigenvalue weighted by molar-refractivity contribution is 7.90. The van der Waals surface area contributed by atoms with Crippen molar-refractivity contribution in [1.82, 2.24) is 0 Å². The fourth-order valence-corrected chi connectivity index (χ4v) is 2.95. The molecule has 0 spiro atoms. The summed E-state index contributed by atoms with van der Waals surface area (Å²) in [4.78, 5) is 0.349. The van der Waals surface area contributed by atoms with E-state index in [2.05, 4.69) is 6.92 Å². The van der Waals surface area contributed by atoms with Gasteiger partial charge in [-0.2, -0.15) is 0 Å². The number of sulfone groups is 1. The minimum absolute atomic E-state index is 0.0508. The molecule has 0 bridgehead atoms. The van der Waals surface area contributed by atoms with Gasteiger partial charge >= 0.3 is 0 Å². The molecule has 1 atom stereocenters. The molecular weight excluding hydrogens is 250 g/mol. The quantitative estimate of drug-likeness (QED) is 0.883. The van der Waals surface area contributed by atoms with Crippen LogP contribution in [0.4, 0.5) is 0 Å². The molecule has 1 aromatic rings. The van der Waals surface area contributed by atoms with Gasteiger partial charge in [-0.05, 0) is 30.2 Å². The summed E-state index contributed by atoms with van der Waals surface area (Å²) in [6.45, 7) is 4.01. The van der Waals surface area contributed by atoms with Crippen LogP contribution in [0.2, 0.25) is 0 Å². The van der Waals surface area contributed by atoms with Crippen LogP contribution in [0.3, 0.4) is 0 Å². The smallest absolute Gasteiger partial charge is 0.175 e. The second-order valence-corrected chi connectivity index (χ2v) is 7.10. The highest BCUT2D eigenvalue weighted by atomic mass is 32.2. The third-order valence-electron chi connectivity index (χ3n) is 3.87. The van der Waals surface area contributed by atoms with Gasteiger partial charge in [0.05, 0.1) is 18.1 Å². The lowest BCUT2D eigenvalue weighted by Gasteiger charge is -2.46. The monoisotopic (exact) mass is 269 g/mol. The molecule has 18 heavy (non-hydrogen) atoms. The predicted molar refractivity (Wildman–Crippen MR) is 70.3 cm³/mol. The first-order chi connectivity index (χ1) is 8.40. The molecule has 100 valence electrons. The van der Waals surface area contributed by atoms with Crippen molar-refractivity contribution >= 4 is 9.84 Å². The summed E-state index contributed by atoms with van der Waals surface area (Å²) in [5.74, 6) is 0.315. The topological polar surface area (TPSA) is 69.4 Å². The van der Waals surface area contributed by atoms with Gasteiger partial charge < -0.3 is 10.5 Å². The summed E-state index contributed by atoms with van der Waals surface area (Å²) in [6.07, 6.45) is 1.22. The van der Waals surface area contributed by atoms with Gasteiger partial charge in [0.2, 0.25) is 0 Å². The first-order valence-corrected chi connectivity index (χ1v) is 7.88. The van der Waals surface area contributed by atoms with Crippen LogP contribution in [0.1, 0.15) is 12.5 Å². The molecule has 2 rings (SSSR count). The van der Waals surface area contributed by atoms with Crippen LogP contribution in [0.15, 0.2) is 29.2 Å².